The number of aromatic hydroxyl groups is 4. The van der Waals surface area contributed by atoms with E-state index in [1.165, 1.54) is 36.4 Å². The number of esters is 1. The van der Waals surface area contributed by atoms with Gasteiger partial charge in [0, 0.05) is 6.08 Å². The van der Waals surface area contributed by atoms with Gasteiger partial charge in [-0.05, 0) is 41.5 Å². The van der Waals surface area contributed by atoms with Gasteiger partial charge in [-0.2, -0.15) is 0 Å². The first-order valence-electron chi connectivity index (χ1n) is 10.5. The Balaban J connectivity index is 1.60. The Morgan fingerprint density at radius 1 is 0.971 bits per heavy atom. The smallest absolute Gasteiger partial charge is 0.331 e. The maximum absolute atomic E-state index is 12.2. The molecule has 0 bridgehead atoms. The van der Waals surface area contributed by atoms with Crippen LogP contribution in [0.5, 0.6) is 23.0 Å². The molecule has 1 fully saturated rings. The van der Waals surface area contributed by atoms with Crippen LogP contribution in [0.1, 0.15) is 17.2 Å². The lowest BCUT2D eigenvalue weighted by molar-refractivity contribution is -0.306. The van der Waals surface area contributed by atoms with Crippen molar-refractivity contribution >= 4 is 12.0 Å². The lowest BCUT2D eigenvalue weighted by Crippen LogP contribution is -2.60. The number of carbonyl (C=O) groups excluding carboxylic acids is 1. The third-order valence-corrected chi connectivity index (χ3v) is 5.29. The highest BCUT2D eigenvalue weighted by Gasteiger charge is 2.47. The second-order valence-electron chi connectivity index (χ2n) is 7.79. The van der Waals surface area contributed by atoms with Crippen molar-refractivity contribution in [2.75, 3.05) is 13.2 Å². The van der Waals surface area contributed by atoms with Crippen LogP contribution in [0.25, 0.3) is 6.08 Å². The van der Waals surface area contributed by atoms with Crippen LogP contribution in [-0.4, -0.2) is 90.7 Å². The number of carbonyl (C=O) groups is 1. The van der Waals surface area contributed by atoms with Crippen LogP contribution in [0.15, 0.2) is 42.5 Å². The maximum atomic E-state index is 12.2. The summed E-state index contributed by atoms with van der Waals surface area (Å²) in [5.41, 5.74) is 0.566. The molecule has 3 rings (SSSR count). The monoisotopic (exact) mass is 494 g/mol. The van der Waals surface area contributed by atoms with E-state index in [1.807, 2.05) is 0 Å². The molecule has 1 aliphatic rings. The molecule has 12 heteroatoms. The van der Waals surface area contributed by atoms with E-state index >= 15 is 0 Å². The predicted octanol–water partition coefficient (Wildman–Crippen LogP) is -0.377. The fourth-order valence-corrected chi connectivity index (χ4v) is 3.35. The summed E-state index contributed by atoms with van der Waals surface area (Å²) < 4.78 is 15.9. The van der Waals surface area contributed by atoms with E-state index < -0.39 is 67.5 Å². The normalized spacial score (nSPS) is 25.4. The topological polar surface area (TPSA) is 207 Å². The van der Waals surface area contributed by atoms with Crippen LogP contribution < -0.4 is 0 Å². The predicted molar refractivity (Wildman–Crippen MR) is 117 cm³/mol. The summed E-state index contributed by atoms with van der Waals surface area (Å²) in [5, 5.41) is 78.4. The summed E-state index contributed by atoms with van der Waals surface area (Å²) in [6, 6.07) is 7.48. The van der Waals surface area contributed by atoms with Crippen molar-refractivity contribution in [3.8, 4) is 23.0 Å². The van der Waals surface area contributed by atoms with Gasteiger partial charge in [0.1, 0.15) is 24.4 Å². The van der Waals surface area contributed by atoms with Crippen LogP contribution in [0.2, 0.25) is 0 Å². The summed E-state index contributed by atoms with van der Waals surface area (Å²) in [5.74, 6) is -2.50. The molecule has 0 spiro atoms. The van der Waals surface area contributed by atoms with E-state index in [9.17, 15) is 45.6 Å². The summed E-state index contributed by atoms with van der Waals surface area (Å²) >= 11 is 0. The molecule has 12 nitrogen and oxygen atoms in total. The number of aliphatic hydroxyl groups excluding tert-OH is 4. The van der Waals surface area contributed by atoms with Gasteiger partial charge in [-0.25, -0.2) is 4.79 Å². The van der Waals surface area contributed by atoms with Crippen molar-refractivity contribution < 1.29 is 59.9 Å². The molecule has 2 aromatic rings. The number of phenols is 4. The molecule has 0 saturated carbocycles. The van der Waals surface area contributed by atoms with Crippen molar-refractivity contribution in [1.82, 2.24) is 0 Å². The molecule has 2 aromatic carbocycles. The van der Waals surface area contributed by atoms with E-state index in [0.29, 0.717) is 5.56 Å². The molecule has 6 atom stereocenters. The first kappa shape index (κ1) is 26.2. The lowest BCUT2D eigenvalue weighted by atomic mass is 9.99. The number of ether oxygens (including phenoxy) is 3. The van der Waals surface area contributed by atoms with Gasteiger partial charge in [0.15, 0.2) is 35.4 Å². The van der Waals surface area contributed by atoms with Gasteiger partial charge in [0.2, 0.25) is 0 Å². The fourth-order valence-electron chi connectivity index (χ4n) is 3.35. The van der Waals surface area contributed by atoms with Gasteiger partial charge in [0.25, 0.3) is 0 Å². The van der Waals surface area contributed by atoms with Gasteiger partial charge in [-0.15, -0.1) is 0 Å². The van der Waals surface area contributed by atoms with E-state index in [4.69, 9.17) is 14.2 Å². The minimum absolute atomic E-state index is 0.199. The zero-order chi connectivity index (χ0) is 25.7. The number of phenolic OH excluding ortho intramolecular Hbond substituents is 4. The zero-order valence-electron chi connectivity index (χ0n) is 18.2. The molecular weight excluding hydrogens is 468 g/mol. The molecule has 35 heavy (non-hydrogen) atoms. The molecule has 0 amide bonds. The van der Waals surface area contributed by atoms with Crippen LogP contribution in [0, 0.1) is 0 Å². The Labute approximate surface area is 199 Å². The Kier molecular flexibility index (Phi) is 8.51. The molecule has 0 radical (unpaired) electrons. The largest absolute Gasteiger partial charge is 0.504 e. The Morgan fingerprint density at radius 3 is 2.26 bits per heavy atom. The van der Waals surface area contributed by atoms with Gasteiger partial charge in [-0.3, -0.25) is 0 Å². The van der Waals surface area contributed by atoms with E-state index in [-0.39, 0.29) is 17.1 Å². The van der Waals surface area contributed by atoms with Crippen molar-refractivity contribution in [2.45, 2.75) is 36.8 Å². The molecule has 190 valence electrons. The van der Waals surface area contributed by atoms with Crippen molar-refractivity contribution in [1.29, 1.82) is 0 Å². The lowest BCUT2D eigenvalue weighted by Gasteiger charge is -2.41. The minimum Gasteiger partial charge on any atom is -0.504 e. The number of aliphatic hydroxyl groups is 4. The van der Waals surface area contributed by atoms with Crippen LogP contribution in [-0.2, 0) is 19.0 Å². The van der Waals surface area contributed by atoms with Crippen molar-refractivity contribution in [3.63, 3.8) is 0 Å². The van der Waals surface area contributed by atoms with E-state index in [2.05, 4.69) is 0 Å². The first-order chi connectivity index (χ1) is 16.6. The highest BCUT2D eigenvalue weighted by Crippen LogP contribution is 2.30. The van der Waals surface area contributed by atoms with Crippen molar-refractivity contribution in [2.24, 2.45) is 0 Å². The molecule has 8 N–H and O–H groups in total. The van der Waals surface area contributed by atoms with Gasteiger partial charge >= 0.3 is 5.97 Å². The minimum atomic E-state index is -1.71. The third-order valence-electron chi connectivity index (χ3n) is 5.29. The van der Waals surface area contributed by atoms with E-state index in [0.717, 1.165) is 12.1 Å². The summed E-state index contributed by atoms with van der Waals surface area (Å²) in [7, 11) is 0. The SMILES string of the molecule is O=C(C=Cc1ccc(O)c(O)c1)OC1C(CO)OC(OCC(O)c2ccc(O)c(O)c2)C(O)C1O. The number of hydrogen-bond donors (Lipinski definition) is 8. The molecule has 1 saturated heterocycles. The first-order valence-corrected chi connectivity index (χ1v) is 10.5. The fraction of sp³-hybridized carbons (Fsp3) is 0.348. The van der Waals surface area contributed by atoms with Gasteiger partial charge < -0.3 is 55.1 Å². The summed E-state index contributed by atoms with van der Waals surface area (Å²) in [4.78, 5) is 12.2. The zero-order valence-corrected chi connectivity index (χ0v) is 18.2. The second-order valence-corrected chi connectivity index (χ2v) is 7.79. The van der Waals surface area contributed by atoms with E-state index in [1.54, 1.807) is 0 Å². The second kappa shape index (κ2) is 11.4. The summed E-state index contributed by atoms with van der Waals surface area (Å²) in [6.45, 7) is -1.14. The highest BCUT2D eigenvalue weighted by atomic mass is 16.7. The molecule has 1 heterocycles. The quantitative estimate of drug-likeness (QED) is 0.134. The van der Waals surface area contributed by atoms with Crippen LogP contribution >= 0.6 is 0 Å². The molecular formula is C23H26O12. The molecule has 6 unspecified atom stereocenters. The Bertz CT molecular complexity index is 1050. The third kappa shape index (κ3) is 6.39. The highest BCUT2D eigenvalue weighted by molar-refractivity contribution is 5.87. The summed E-state index contributed by atoms with van der Waals surface area (Å²) in [6.07, 6.45) is -6.69. The van der Waals surface area contributed by atoms with Gasteiger partial charge in [-0.1, -0.05) is 12.1 Å². The molecule has 0 aromatic heterocycles. The van der Waals surface area contributed by atoms with Crippen LogP contribution in [0.3, 0.4) is 0 Å². The Hall–Kier alpha value is -3.39. The Morgan fingerprint density at radius 2 is 1.63 bits per heavy atom. The number of benzene rings is 2. The number of hydrogen-bond acceptors (Lipinski definition) is 12. The average Bonchev–Trinajstić information content (AvgIpc) is 2.83. The standard InChI is InChI=1S/C23H26O12/c24-9-18-22(35-19(30)6-2-11-1-4-13(25)15(27)7-11)20(31)21(32)23(34-18)33-10-17(29)12-3-5-14(26)16(28)8-12/h1-8,17-18,20-29,31-32H,9-10H2. The number of rotatable bonds is 8. The van der Waals surface area contributed by atoms with Crippen molar-refractivity contribution in [3.05, 3.63) is 53.6 Å². The maximum Gasteiger partial charge on any atom is 0.331 e. The molecule has 0 aliphatic carbocycles. The molecule has 1 aliphatic heterocycles. The average molecular weight is 494 g/mol. The van der Waals surface area contributed by atoms with Gasteiger partial charge in [0.05, 0.1) is 13.2 Å². The van der Waals surface area contributed by atoms with Crippen LogP contribution in [0.4, 0.5) is 0 Å².